The van der Waals surface area contributed by atoms with E-state index in [2.05, 4.69) is 29.2 Å². The molecule has 1 N–H and O–H groups in total. The molecule has 0 saturated carbocycles. The number of nitrogens with one attached hydrogen (secondary N) is 1. The van der Waals surface area contributed by atoms with Gasteiger partial charge in [0.1, 0.15) is 18.7 Å². The van der Waals surface area contributed by atoms with E-state index in [0.29, 0.717) is 12.0 Å². The van der Waals surface area contributed by atoms with Crippen molar-refractivity contribution in [2.24, 2.45) is 5.92 Å². The van der Waals surface area contributed by atoms with Crippen LogP contribution in [0.4, 0.5) is 0 Å². The van der Waals surface area contributed by atoms with Gasteiger partial charge in [-0.05, 0) is 32.2 Å². The number of amides is 1. The third-order valence-electron chi connectivity index (χ3n) is 3.69. The Labute approximate surface area is 120 Å². The van der Waals surface area contributed by atoms with Crippen molar-refractivity contribution < 1.29 is 4.79 Å². The van der Waals surface area contributed by atoms with Gasteiger partial charge in [0.05, 0.1) is 0 Å². The Balaban J connectivity index is 2.02. The molecule has 1 fully saturated rings. The first-order valence-electron chi connectivity index (χ1n) is 7.44. The molecule has 2 unspecified atom stereocenters. The van der Waals surface area contributed by atoms with Crippen LogP contribution >= 0.6 is 0 Å². The molecule has 2 heterocycles. The molecular weight excluding hydrogens is 254 g/mol. The van der Waals surface area contributed by atoms with Gasteiger partial charge in [0.15, 0.2) is 0 Å². The highest BCUT2D eigenvalue weighted by molar-refractivity contribution is 5.80. The molecule has 6 heteroatoms. The summed E-state index contributed by atoms with van der Waals surface area (Å²) in [5.41, 5.74) is 0. The van der Waals surface area contributed by atoms with Gasteiger partial charge in [0.2, 0.25) is 5.91 Å². The van der Waals surface area contributed by atoms with E-state index in [1.165, 1.54) is 12.7 Å². The number of aromatic nitrogens is 3. The third kappa shape index (κ3) is 3.79. The Hall–Kier alpha value is -1.43. The summed E-state index contributed by atoms with van der Waals surface area (Å²) in [6, 6.07) is 0.137. The van der Waals surface area contributed by atoms with Gasteiger partial charge in [0.25, 0.3) is 0 Å². The molecule has 0 aromatic carbocycles. The molecule has 0 spiro atoms. The van der Waals surface area contributed by atoms with Gasteiger partial charge in [-0.2, -0.15) is 5.10 Å². The van der Waals surface area contributed by atoms with Crippen LogP contribution < -0.4 is 5.32 Å². The lowest BCUT2D eigenvalue weighted by molar-refractivity contribution is -0.135. The lowest BCUT2D eigenvalue weighted by Crippen LogP contribution is -2.45. The molecule has 1 amide bonds. The Kier molecular flexibility index (Phi) is 5.11. The molecule has 6 nitrogen and oxygen atoms in total. The van der Waals surface area contributed by atoms with Gasteiger partial charge in [-0.3, -0.25) is 4.79 Å². The predicted octanol–water partition coefficient (Wildman–Crippen LogP) is 1.08. The predicted molar refractivity (Wildman–Crippen MR) is 77.2 cm³/mol. The molecule has 112 valence electrons. The van der Waals surface area contributed by atoms with E-state index in [-0.39, 0.29) is 11.9 Å². The molecule has 1 aliphatic heterocycles. The summed E-state index contributed by atoms with van der Waals surface area (Å²) in [5.74, 6) is 0.584. The fourth-order valence-electron chi connectivity index (χ4n) is 2.67. The first kappa shape index (κ1) is 15.0. The molecule has 1 aromatic heterocycles. The number of hydrogen-bond donors (Lipinski definition) is 1. The largest absolute Gasteiger partial charge is 0.339 e. The Morgan fingerprint density at radius 1 is 1.50 bits per heavy atom. The molecule has 1 aliphatic rings. The summed E-state index contributed by atoms with van der Waals surface area (Å²) in [6.45, 7) is 8.80. The van der Waals surface area contributed by atoms with Crippen LogP contribution in [0, 0.1) is 5.92 Å². The number of rotatable bonds is 6. The topological polar surface area (TPSA) is 63.1 Å². The van der Waals surface area contributed by atoms with Crippen LogP contribution in [0.5, 0.6) is 0 Å². The quantitative estimate of drug-likeness (QED) is 0.846. The molecule has 2 rings (SSSR count). The van der Waals surface area contributed by atoms with Gasteiger partial charge in [-0.25, -0.2) is 9.67 Å². The van der Waals surface area contributed by atoms with Crippen molar-refractivity contribution in [2.45, 2.75) is 45.7 Å². The van der Waals surface area contributed by atoms with Crippen LogP contribution in [0.3, 0.4) is 0 Å². The van der Waals surface area contributed by atoms with Gasteiger partial charge >= 0.3 is 0 Å². The van der Waals surface area contributed by atoms with E-state index in [1.54, 1.807) is 11.0 Å². The van der Waals surface area contributed by atoms with Crippen molar-refractivity contribution in [3.05, 3.63) is 12.7 Å². The zero-order chi connectivity index (χ0) is 14.5. The van der Waals surface area contributed by atoms with E-state index in [1.807, 2.05) is 11.8 Å². The fraction of sp³-hybridized carbons (Fsp3) is 0.786. The maximum atomic E-state index is 12.7. The van der Waals surface area contributed by atoms with Crippen molar-refractivity contribution in [2.75, 3.05) is 19.6 Å². The summed E-state index contributed by atoms with van der Waals surface area (Å²) in [6.07, 6.45) is 5.42. The van der Waals surface area contributed by atoms with Crippen molar-refractivity contribution in [1.82, 2.24) is 25.0 Å². The first-order chi connectivity index (χ1) is 9.58. The van der Waals surface area contributed by atoms with Crippen LogP contribution in [0.2, 0.25) is 0 Å². The average Bonchev–Trinajstić information content (AvgIpc) is 3.08. The highest BCUT2D eigenvalue weighted by Crippen LogP contribution is 2.14. The van der Waals surface area contributed by atoms with Crippen LogP contribution in [0.25, 0.3) is 0 Å². The second-order valence-corrected chi connectivity index (χ2v) is 5.98. The molecule has 2 atom stereocenters. The van der Waals surface area contributed by atoms with Crippen molar-refractivity contribution >= 4 is 5.91 Å². The minimum Gasteiger partial charge on any atom is -0.339 e. The van der Waals surface area contributed by atoms with E-state index in [0.717, 1.165) is 26.1 Å². The van der Waals surface area contributed by atoms with E-state index >= 15 is 0 Å². The monoisotopic (exact) mass is 279 g/mol. The zero-order valence-electron chi connectivity index (χ0n) is 12.6. The molecule has 20 heavy (non-hydrogen) atoms. The summed E-state index contributed by atoms with van der Waals surface area (Å²) < 4.78 is 1.62. The molecular formula is C14H25N5O. The molecule has 1 saturated heterocycles. The lowest BCUT2D eigenvalue weighted by atomic mass is 10.1. The van der Waals surface area contributed by atoms with Crippen molar-refractivity contribution in [3.63, 3.8) is 0 Å². The van der Waals surface area contributed by atoms with Gasteiger partial charge in [-0.1, -0.05) is 13.8 Å². The lowest BCUT2D eigenvalue weighted by Gasteiger charge is -2.29. The smallest absolute Gasteiger partial charge is 0.247 e. The van der Waals surface area contributed by atoms with E-state index in [4.69, 9.17) is 0 Å². The molecule has 1 aromatic rings. The van der Waals surface area contributed by atoms with Gasteiger partial charge < -0.3 is 10.2 Å². The van der Waals surface area contributed by atoms with Crippen LogP contribution in [-0.2, 0) is 4.79 Å². The Morgan fingerprint density at radius 2 is 2.30 bits per heavy atom. The fourth-order valence-corrected chi connectivity index (χ4v) is 2.67. The number of carbonyl (C=O) groups is 1. The molecule has 0 bridgehead atoms. The van der Waals surface area contributed by atoms with Crippen molar-refractivity contribution in [1.29, 1.82) is 0 Å². The van der Waals surface area contributed by atoms with Crippen LogP contribution in [0.1, 0.15) is 39.7 Å². The van der Waals surface area contributed by atoms with Gasteiger partial charge in [-0.15, -0.1) is 0 Å². The maximum absolute atomic E-state index is 12.7. The summed E-state index contributed by atoms with van der Waals surface area (Å²) in [5, 5.41) is 7.53. The summed E-state index contributed by atoms with van der Waals surface area (Å²) in [7, 11) is 0. The summed E-state index contributed by atoms with van der Waals surface area (Å²) >= 11 is 0. The second kappa shape index (κ2) is 6.83. The normalized spacial score (nSPS) is 20.3. The standard InChI is InChI=1S/C14H25N5O/c1-11(2)7-18(8-13-5-4-6-16-13)14(20)12(3)19-10-15-9-17-19/h9-13,16H,4-8H2,1-3H3. The van der Waals surface area contributed by atoms with Crippen LogP contribution in [0.15, 0.2) is 12.7 Å². The minimum absolute atomic E-state index is 0.123. The number of nitrogens with zero attached hydrogens (tertiary/aromatic N) is 4. The zero-order valence-corrected chi connectivity index (χ0v) is 12.6. The number of hydrogen-bond acceptors (Lipinski definition) is 4. The molecule has 0 radical (unpaired) electrons. The SMILES string of the molecule is CC(C)CN(CC1CCCN1)C(=O)C(C)n1cncn1. The summed E-state index contributed by atoms with van der Waals surface area (Å²) in [4.78, 5) is 18.6. The maximum Gasteiger partial charge on any atom is 0.247 e. The number of carbonyl (C=O) groups excluding carboxylic acids is 1. The van der Waals surface area contributed by atoms with E-state index in [9.17, 15) is 4.79 Å². The highest BCUT2D eigenvalue weighted by atomic mass is 16.2. The Bertz CT molecular complexity index is 411. The molecule has 0 aliphatic carbocycles. The van der Waals surface area contributed by atoms with Gasteiger partial charge in [0, 0.05) is 19.1 Å². The highest BCUT2D eigenvalue weighted by Gasteiger charge is 2.26. The van der Waals surface area contributed by atoms with E-state index < -0.39 is 0 Å². The Morgan fingerprint density at radius 3 is 2.85 bits per heavy atom. The second-order valence-electron chi connectivity index (χ2n) is 5.98. The van der Waals surface area contributed by atoms with Crippen LogP contribution in [-0.4, -0.2) is 51.2 Å². The first-order valence-corrected chi connectivity index (χ1v) is 7.44. The average molecular weight is 279 g/mol. The minimum atomic E-state index is -0.294. The van der Waals surface area contributed by atoms with Crippen molar-refractivity contribution in [3.8, 4) is 0 Å². The third-order valence-corrected chi connectivity index (χ3v) is 3.69.